The zero-order valence-corrected chi connectivity index (χ0v) is 34.3. The Labute approximate surface area is 337 Å². The largest absolute Gasteiger partial charge is 0.497 e. The third-order valence-corrected chi connectivity index (χ3v) is 11.2. The van der Waals surface area contributed by atoms with E-state index in [-0.39, 0.29) is 35.6 Å². The number of nitrogens with one attached hydrogen (secondary N) is 2. The molecule has 18 heteroatoms. The second-order valence-corrected chi connectivity index (χ2v) is 17.1. The number of fused-ring (bicyclic) bond motifs is 1. The first-order chi connectivity index (χ1) is 26.5. The number of esters is 2. The Morgan fingerprint density at radius 3 is 2.29 bits per heavy atom. The fourth-order valence-corrected chi connectivity index (χ4v) is 8.27. The van der Waals surface area contributed by atoms with Gasteiger partial charge < -0.3 is 34.0 Å². The number of oxime groups is 1. The molecular formula is C38H44ClN5O10S2. The zero-order chi connectivity index (χ0) is 40.8. The molecule has 3 aromatic rings. The number of amides is 3. The lowest BCUT2D eigenvalue weighted by Gasteiger charge is -2.54. The Morgan fingerprint density at radius 2 is 1.64 bits per heavy atom. The number of β-lactam (4-membered cyclic amide) rings is 1. The highest BCUT2D eigenvalue weighted by Crippen LogP contribution is 2.41. The van der Waals surface area contributed by atoms with E-state index in [4.69, 9.17) is 35.4 Å². The number of thioether (sulfide) groups is 1. The third-order valence-electron chi connectivity index (χ3n) is 8.49. The highest BCUT2D eigenvalue weighted by molar-refractivity contribution is 8.00. The summed E-state index contributed by atoms with van der Waals surface area (Å²) in [6.45, 7) is 9.59. The van der Waals surface area contributed by atoms with Crippen LogP contribution in [0.1, 0.15) is 56.3 Å². The van der Waals surface area contributed by atoms with Gasteiger partial charge in [-0.05, 0) is 64.8 Å². The van der Waals surface area contributed by atoms with Crippen molar-refractivity contribution in [1.29, 1.82) is 0 Å². The van der Waals surface area contributed by atoms with E-state index in [0.717, 1.165) is 22.5 Å². The van der Waals surface area contributed by atoms with Gasteiger partial charge in [-0.1, -0.05) is 47.6 Å². The summed E-state index contributed by atoms with van der Waals surface area (Å²) in [5, 5.41) is 8.85. The number of aryl methyl sites for hydroxylation is 1. The fourth-order valence-electron chi connectivity index (χ4n) is 5.54. The molecule has 56 heavy (non-hydrogen) atoms. The van der Waals surface area contributed by atoms with Crippen molar-refractivity contribution in [3.63, 3.8) is 0 Å². The van der Waals surface area contributed by atoms with Gasteiger partial charge in [0.2, 0.25) is 11.5 Å². The Hall–Kier alpha value is -4.87. The number of nitrogens with zero attached hydrogens (tertiary/aromatic N) is 3. The molecule has 4 atom stereocenters. The van der Waals surface area contributed by atoms with Crippen LogP contribution in [-0.4, -0.2) is 92.8 Å². The van der Waals surface area contributed by atoms with Gasteiger partial charge in [0.1, 0.15) is 47.7 Å². The van der Waals surface area contributed by atoms with Gasteiger partial charge in [-0.2, -0.15) is 0 Å². The van der Waals surface area contributed by atoms with Crippen molar-refractivity contribution in [2.75, 3.05) is 24.1 Å². The van der Waals surface area contributed by atoms with Gasteiger partial charge in [0.25, 0.3) is 5.91 Å². The smallest absolute Gasteiger partial charge is 0.413 e. The molecule has 2 aromatic carbocycles. The number of hydrogen-bond donors (Lipinski definition) is 2. The van der Waals surface area contributed by atoms with Crippen molar-refractivity contribution in [3.05, 3.63) is 76.3 Å². The van der Waals surface area contributed by atoms with Crippen molar-refractivity contribution in [2.45, 2.75) is 83.4 Å². The summed E-state index contributed by atoms with van der Waals surface area (Å²) >= 11 is 8.68. The summed E-state index contributed by atoms with van der Waals surface area (Å²) in [7, 11) is 1.55. The molecule has 1 aromatic heterocycles. The lowest BCUT2D eigenvalue weighted by Crippen LogP contribution is -2.76. The normalized spacial score (nSPS) is 19.5. The molecule has 5 rings (SSSR count). The van der Waals surface area contributed by atoms with Gasteiger partial charge in [0.15, 0.2) is 10.8 Å². The number of carbonyl (C=O) groups excluding carboxylic acids is 5. The predicted octanol–water partition coefficient (Wildman–Crippen LogP) is 5.42. The quantitative estimate of drug-likeness (QED) is 0.0527. The van der Waals surface area contributed by atoms with Crippen LogP contribution in [0.15, 0.2) is 59.8 Å². The van der Waals surface area contributed by atoms with Gasteiger partial charge in [-0.15, -0.1) is 34.7 Å². The predicted molar refractivity (Wildman–Crippen MR) is 210 cm³/mol. The van der Waals surface area contributed by atoms with E-state index in [1.165, 1.54) is 30.5 Å². The molecule has 2 N–H and O–H groups in total. The molecular weight excluding hydrogens is 786 g/mol. The van der Waals surface area contributed by atoms with Crippen LogP contribution >= 0.6 is 34.7 Å². The first kappa shape index (κ1) is 42.3. The van der Waals surface area contributed by atoms with E-state index in [9.17, 15) is 24.0 Å². The standard InChI is InChI=1S/C38H44ClN5O10S2/c1-21-26(41-35(56-21)42-36(49)52-19-22-11-9-8-10-12-22)27(43-54-38(5,6)34(48)53-37(2,3)4)30(45)40-28-31(46)44-29(24(17-39)20-55-32(28)44)33(47)51-18-23-13-15-25(50-7)16-14-23/h8-16,24,28-29,32H,17-20H2,1-7H3,(H,40,45)(H,41,42,49). The number of halogens is 1. The van der Waals surface area contributed by atoms with Crippen LogP contribution < -0.4 is 15.4 Å². The van der Waals surface area contributed by atoms with Crippen LogP contribution in [-0.2, 0) is 51.4 Å². The number of ether oxygens (including phenoxy) is 4. The molecule has 3 amide bonds. The molecule has 2 aliphatic rings. The average molecular weight is 830 g/mol. The van der Waals surface area contributed by atoms with Crippen LogP contribution in [0.4, 0.5) is 9.93 Å². The van der Waals surface area contributed by atoms with Crippen LogP contribution in [0.25, 0.3) is 0 Å². The number of alkyl halides is 1. The number of carbonyl (C=O) groups is 5. The number of methoxy groups -OCH3 is 1. The van der Waals surface area contributed by atoms with Crippen molar-refractivity contribution < 1.29 is 47.8 Å². The number of thiazole rings is 1. The van der Waals surface area contributed by atoms with Crippen LogP contribution in [0, 0.1) is 12.8 Å². The highest BCUT2D eigenvalue weighted by Gasteiger charge is 2.58. The molecule has 2 saturated heterocycles. The lowest BCUT2D eigenvalue weighted by atomic mass is 9.94. The maximum absolute atomic E-state index is 14.1. The first-order valence-corrected chi connectivity index (χ1v) is 20.0. The summed E-state index contributed by atoms with van der Waals surface area (Å²) in [5.41, 5.74) is -1.32. The molecule has 15 nitrogen and oxygen atoms in total. The summed E-state index contributed by atoms with van der Waals surface area (Å²) in [4.78, 5) is 78.8. The SMILES string of the molecule is COc1ccc(COC(=O)C2C(CCl)CSC3C(NC(=O)C(=NOC(C)(C)C(=O)OC(C)(C)C)c4nc(NC(=O)OCc5ccccc5)sc4C)C(=O)N32)cc1. The molecule has 0 bridgehead atoms. The van der Waals surface area contributed by atoms with Crippen molar-refractivity contribution in [1.82, 2.24) is 15.2 Å². The van der Waals surface area contributed by atoms with Crippen molar-refractivity contribution in [2.24, 2.45) is 11.1 Å². The van der Waals surface area contributed by atoms with E-state index in [1.807, 2.05) is 30.3 Å². The fraction of sp³-hybridized carbons (Fsp3) is 0.447. The van der Waals surface area contributed by atoms with E-state index in [2.05, 4.69) is 20.8 Å². The molecule has 0 saturated carbocycles. The molecule has 2 fully saturated rings. The number of benzene rings is 2. The van der Waals surface area contributed by atoms with Crippen LogP contribution in [0.2, 0.25) is 0 Å². The van der Waals surface area contributed by atoms with Gasteiger partial charge in [-0.3, -0.25) is 14.9 Å². The highest BCUT2D eigenvalue weighted by atomic mass is 35.5. The molecule has 0 aliphatic carbocycles. The molecule has 0 radical (unpaired) electrons. The van der Waals surface area contributed by atoms with E-state index >= 15 is 0 Å². The number of rotatable bonds is 14. The van der Waals surface area contributed by atoms with E-state index in [1.54, 1.807) is 59.1 Å². The first-order valence-electron chi connectivity index (χ1n) is 17.6. The Balaban J connectivity index is 1.33. The summed E-state index contributed by atoms with van der Waals surface area (Å²) in [6, 6.07) is 14.1. The van der Waals surface area contributed by atoms with Crippen molar-refractivity contribution in [3.8, 4) is 5.75 Å². The minimum absolute atomic E-state index is 0.0189. The Morgan fingerprint density at radius 1 is 0.982 bits per heavy atom. The molecule has 4 unspecified atom stereocenters. The summed E-state index contributed by atoms with van der Waals surface area (Å²) in [5.74, 6) is -1.96. The third kappa shape index (κ3) is 10.3. The van der Waals surface area contributed by atoms with Gasteiger partial charge in [-0.25, -0.2) is 19.4 Å². The maximum atomic E-state index is 14.1. The van der Waals surface area contributed by atoms with E-state index in [0.29, 0.717) is 16.4 Å². The van der Waals surface area contributed by atoms with Gasteiger partial charge in [0, 0.05) is 22.4 Å². The topological polar surface area (TPSA) is 184 Å². The number of aromatic nitrogens is 1. The maximum Gasteiger partial charge on any atom is 0.413 e. The van der Waals surface area contributed by atoms with Gasteiger partial charge >= 0.3 is 18.0 Å². The van der Waals surface area contributed by atoms with Crippen LogP contribution in [0.5, 0.6) is 5.75 Å². The second-order valence-electron chi connectivity index (χ2n) is 14.4. The Kier molecular flexibility index (Phi) is 13.5. The summed E-state index contributed by atoms with van der Waals surface area (Å²) in [6.07, 6.45) is -0.777. The Bertz CT molecular complexity index is 1950. The average Bonchev–Trinajstić information content (AvgIpc) is 3.52. The molecule has 3 heterocycles. The van der Waals surface area contributed by atoms with Crippen molar-refractivity contribution >= 4 is 75.4 Å². The molecule has 2 aliphatic heterocycles. The molecule has 300 valence electrons. The van der Waals surface area contributed by atoms with E-state index < -0.39 is 64.4 Å². The number of anilines is 1. The minimum atomic E-state index is -1.65. The monoisotopic (exact) mass is 829 g/mol. The lowest BCUT2D eigenvalue weighted by molar-refractivity contribution is -0.179. The van der Waals surface area contributed by atoms with Crippen LogP contribution in [0.3, 0.4) is 0 Å². The zero-order valence-electron chi connectivity index (χ0n) is 32.0. The van der Waals surface area contributed by atoms with Gasteiger partial charge in [0.05, 0.1) is 7.11 Å². The number of hydrogen-bond acceptors (Lipinski definition) is 14. The second kappa shape index (κ2) is 17.9. The molecule has 0 spiro atoms. The minimum Gasteiger partial charge on any atom is -0.497 e. The summed E-state index contributed by atoms with van der Waals surface area (Å²) < 4.78 is 21.6.